The molecule has 0 saturated carbocycles. The second kappa shape index (κ2) is 14.0. The molecule has 0 aromatic heterocycles. The summed E-state index contributed by atoms with van der Waals surface area (Å²) in [6.07, 6.45) is 3.34. The Kier molecular flexibility index (Phi) is 13.3. The van der Waals surface area contributed by atoms with E-state index >= 15 is 0 Å². The van der Waals surface area contributed by atoms with Gasteiger partial charge in [-0.25, -0.2) is 0 Å². The van der Waals surface area contributed by atoms with Gasteiger partial charge in [-0.2, -0.15) is 0 Å². The summed E-state index contributed by atoms with van der Waals surface area (Å²) in [5.41, 5.74) is 1.09. The fourth-order valence-corrected chi connectivity index (χ4v) is 2.45. The zero-order valence-corrected chi connectivity index (χ0v) is 18.3. The van der Waals surface area contributed by atoms with Crippen molar-refractivity contribution < 1.29 is 14.2 Å². The molecule has 0 bridgehead atoms. The normalized spacial score (nSPS) is 10.8. The third kappa shape index (κ3) is 8.62. The highest BCUT2D eigenvalue weighted by Gasteiger charge is 2.11. The van der Waals surface area contributed by atoms with Gasteiger partial charge >= 0.3 is 0 Å². The average molecular weight is 465 g/mol. The summed E-state index contributed by atoms with van der Waals surface area (Å²) < 4.78 is 15.8. The maximum absolute atomic E-state index is 5.46. The third-order valence-corrected chi connectivity index (χ3v) is 3.78. The first-order chi connectivity index (χ1) is 11.7. The second-order valence-corrected chi connectivity index (χ2v) is 5.56. The first kappa shape index (κ1) is 23.8. The van der Waals surface area contributed by atoms with Crippen molar-refractivity contribution in [2.45, 2.75) is 25.8 Å². The average Bonchev–Trinajstić information content (AvgIpc) is 2.61. The largest absolute Gasteiger partial charge is 0.497 e. The Morgan fingerprint density at radius 2 is 1.88 bits per heavy atom. The Labute approximate surface area is 169 Å². The lowest BCUT2D eigenvalue weighted by Crippen LogP contribution is -2.38. The summed E-state index contributed by atoms with van der Waals surface area (Å²) in [6, 6.07) is 5.86. The van der Waals surface area contributed by atoms with E-state index in [9.17, 15) is 0 Å². The minimum atomic E-state index is 0. The number of methoxy groups -OCH3 is 3. The van der Waals surface area contributed by atoms with Crippen LogP contribution in [0, 0.1) is 0 Å². The number of unbranched alkanes of at least 4 members (excludes halogenated alkanes) is 2. The molecule has 0 aliphatic carbocycles. The molecule has 0 fully saturated rings. The van der Waals surface area contributed by atoms with Gasteiger partial charge < -0.3 is 24.4 Å². The van der Waals surface area contributed by atoms with Gasteiger partial charge in [0.05, 0.1) is 14.2 Å². The molecule has 1 aromatic carbocycles. The first-order valence-corrected chi connectivity index (χ1v) is 8.27. The van der Waals surface area contributed by atoms with Crippen LogP contribution in [-0.4, -0.2) is 59.4 Å². The van der Waals surface area contributed by atoms with Crippen molar-refractivity contribution in [1.29, 1.82) is 0 Å². The molecule has 0 spiro atoms. The zero-order chi connectivity index (χ0) is 17.8. The molecule has 6 nitrogen and oxygen atoms in total. The molecule has 1 aromatic rings. The van der Waals surface area contributed by atoms with Crippen molar-refractivity contribution in [2.24, 2.45) is 4.99 Å². The topological polar surface area (TPSA) is 55.3 Å². The first-order valence-electron chi connectivity index (χ1n) is 8.27. The smallest absolute Gasteiger partial charge is 0.193 e. The maximum Gasteiger partial charge on any atom is 0.193 e. The van der Waals surface area contributed by atoms with Gasteiger partial charge in [-0.3, -0.25) is 4.99 Å². The molecular formula is C18H32IN3O3. The van der Waals surface area contributed by atoms with Crippen molar-refractivity contribution in [3.05, 3.63) is 23.8 Å². The van der Waals surface area contributed by atoms with E-state index < -0.39 is 0 Å². The minimum Gasteiger partial charge on any atom is -0.497 e. The van der Waals surface area contributed by atoms with E-state index in [1.165, 1.54) is 0 Å². The number of guanidine groups is 1. The lowest BCUT2D eigenvalue weighted by molar-refractivity contribution is 0.192. The fourth-order valence-electron chi connectivity index (χ4n) is 2.45. The minimum absolute atomic E-state index is 0. The van der Waals surface area contributed by atoms with E-state index in [1.54, 1.807) is 28.4 Å². The summed E-state index contributed by atoms with van der Waals surface area (Å²) >= 11 is 0. The number of aliphatic imine (C=N–C) groups is 1. The molecule has 0 atom stereocenters. The Morgan fingerprint density at radius 1 is 1.12 bits per heavy atom. The van der Waals surface area contributed by atoms with Crippen molar-refractivity contribution in [1.82, 2.24) is 10.2 Å². The molecule has 144 valence electrons. The number of nitrogens with one attached hydrogen (secondary N) is 1. The van der Waals surface area contributed by atoms with Crippen LogP contribution in [0.4, 0.5) is 0 Å². The third-order valence-electron chi connectivity index (χ3n) is 3.78. The van der Waals surface area contributed by atoms with Gasteiger partial charge in [0.25, 0.3) is 0 Å². The summed E-state index contributed by atoms with van der Waals surface area (Å²) in [4.78, 5) is 6.43. The Hall–Kier alpha value is -1.22. The summed E-state index contributed by atoms with van der Waals surface area (Å²) in [7, 11) is 8.88. The second-order valence-electron chi connectivity index (χ2n) is 5.56. The highest BCUT2D eigenvalue weighted by atomic mass is 127. The molecule has 0 radical (unpaired) electrons. The van der Waals surface area contributed by atoms with Gasteiger partial charge in [-0.15, -0.1) is 24.0 Å². The van der Waals surface area contributed by atoms with Crippen LogP contribution < -0.4 is 14.8 Å². The number of rotatable bonds is 10. The van der Waals surface area contributed by atoms with E-state index in [1.807, 2.05) is 25.2 Å². The predicted octanol–water partition coefficient (Wildman–Crippen LogP) is 3.15. The highest BCUT2D eigenvalue weighted by Crippen LogP contribution is 2.25. The van der Waals surface area contributed by atoms with E-state index in [0.717, 1.165) is 55.4 Å². The van der Waals surface area contributed by atoms with Crippen molar-refractivity contribution in [3.63, 3.8) is 0 Å². The van der Waals surface area contributed by atoms with Gasteiger partial charge in [-0.05, 0) is 31.4 Å². The van der Waals surface area contributed by atoms with Gasteiger partial charge in [0, 0.05) is 52.5 Å². The van der Waals surface area contributed by atoms with Crippen LogP contribution in [-0.2, 0) is 11.3 Å². The van der Waals surface area contributed by atoms with E-state index in [-0.39, 0.29) is 24.0 Å². The molecule has 7 heteroatoms. The van der Waals surface area contributed by atoms with Crippen LogP contribution in [0.25, 0.3) is 0 Å². The monoisotopic (exact) mass is 465 g/mol. The maximum atomic E-state index is 5.46. The van der Waals surface area contributed by atoms with Crippen LogP contribution in [0.2, 0.25) is 0 Å². The summed E-state index contributed by atoms with van der Waals surface area (Å²) in [5.74, 6) is 2.48. The van der Waals surface area contributed by atoms with E-state index in [2.05, 4.69) is 15.2 Å². The van der Waals surface area contributed by atoms with Gasteiger partial charge in [0.1, 0.15) is 11.5 Å². The van der Waals surface area contributed by atoms with E-state index in [0.29, 0.717) is 6.54 Å². The molecule has 0 unspecified atom stereocenters. The predicted molar refractivity (Wildman–Crippen MR) is 114 cm³/mol. The Bertz CT molecular complexity index is 512. The van der Waals surface area contributed by atoms with Crippen LogP contribution >= 0.6 is 24.0 Å². The van der Waals surface area contributed by atoms with E-state index in [4.69, 9.17) is 14.2 Å². The molecule has 1 N–H and O–H groups in total. The standard InChI is InChI=1S/C18H31N3O3.HI/c1-19-18(20-11-7-6-8-12-22-3)21(2)14-15-9-10-16(23-4)13-17(15)24-5;/h9-10,13H,6-8,11-12,14H2,1-5H3,(H,19,20);1H. The number of hydrogen-bond acceptors (Lipinski definition) is 4. The van der Waals surface area contributed by atoms with Crippen LogP contribution in [0.15, 0.2) is 23.2 Å². The van der Waals surface area contributed by atoms with Gasteiger partial charge in [-0.1, -0.05) is 0 Å². The van der Waals surface area contributed by atoms with Crippen LogP contribution in [0.5, 0.6) is 11.5 Å². The number of nitrogens with zero attached hydrogens (tertiary/aromatic N) is 2. The Balaban J connectivity index is 0.00000576. The molecular weight excluding hydrogens is 433 g/mol. The van der Waals surface area contributed by atoms with Crippen LogP contribution in [0.1, 0.15) is 24.8 Å². The molecule has 0 aliphatic heterocycles. The van der Waals surface area contributed by atoms with Crippen LogP contribution in [0.3, 0.4) is 0 Å². The molecule has 0 amide bonds. The lowest BCUT2D eigenvalue weighted by Gasteiger charge is -2.23. The fraction of sp³-hybridized carbons (Fsp3) is 0.611. The zero-order valence-electron chi connectivity index (χ0n) is 16.0. The number of halogens is 1. The quantitative estimate of drug-likeness (QED) is 0.249. The number of benzene rings is 1. The SMILES string of the molecule is CN=C(NCCCCCOC)N(C)Cc1ccc(OC)cc1OC.I. The Morgan fingerprint density at radius 3 is 2.48 bits per heavy atom. The van der Waals surface area contributed by atoms with Gasteiger partial charge in [0.15, 0.2) is 5.96 Å². The highest BCUT2D eigenvalue weighted by molar-refractivity contribution is 14.0. The lowest BCUT2D eigenvalue weighted by atomic mass is 10.2. The molecule has 0 saturated heterocycles. The summed E-state index contributed by atoms with van der Waals surface area (Å²) in [6.45, 7) is 2.43. The molecule has 0 heterocycles. The molecule has 0 aliphatic rings. The summed E-state index contributed by atoms with van der Waals surface area (Å²) in [5, 5.41) is 3.40. The van der Waals surface area contributed by atoms with Crippen molar-refractivity contribution in [2.75, 3.05) is 48.6 Å². The number of hydrogen-bond donors (Lipinski definition) is 1. The number of ether oxygens (including phenoxy) is 3. The molecule has 1 rings (SSSR count). The van der Waals surface area contributed by atoms with Gasteiger partial charge in [0.2, 0.25) is 0 Å². The molecule has 25 heavy (non-hydrogen) atoms. The van der Waals surface area contributed by atoms with Crippen molar-refractivity contribution in [3.8, 4) is 11.5 Å². The van der Waals surface area contributed by atoms with Crippen molar-refractivity contribution >= 4 is 29.9 Å².